The second-order valence-electron chi connectivity index (χ2n) is 2.16. The summed E-state index contributed by atoms with van der Waals surface area (Å²) in [4.78, 5) is 5.95. The maximum atomic E-state index is 3.81. The van der Waals surface area contributed by atoms with Gasteiger partial charge < -0.3 is 4.90 Å². The molecule has 1 aromatic heterocycles. The largest absolute Gasteiger partial charge is 0.375 e. The minimum Gasteiger partial charge on any atom is -0.375 e. The Morgan fingerprint density at radius 2 is 2.50 bits per heavy atom. The van der Waals surface area contributed by atoms with Crippen LogP contribution in [0.25, 0.3) is 0 Å². The lowest BCUT2D eigenvalue weighted by Crippen LogP contribution is -2.15. The van der Waals surface area contributed by atoms with Gasteiger partial charge in [-0.15, -0.1) is 0 Å². The van der Waals surface area contributed by atoms with E-state index in [-0.39, 0.29) is 0 Å². The first-order valence-corrected chi connectivity index (χ1v) is 3.38. The van der Waals surface area contributed by atoms with Crippen LogP contribution in [0.1, 0.15) is 6.92 Å². The molecule has 0 unspecified atom stereocenters. The van der Waals surface area contributed by atoms with Crippen molar-refractivity contribution in [3.05, 3.63) is 24.5 Å². The second kappa shape index (κ2) is 3.20. The third kappa shape index (κ3) is 1.47. The zero-order valence-electron chi connectivity index (χ0n) is 6.33. The lowest BCUT2D eigenvalue weighted by Gasteiger charge is -2.15. The third-order valence-corrected chi connectivity index (χ3v) is 1.52. The van der Waals surface area contributed by atoms with Crippen LogP contribution < -0.4 is 4.90 Å². The van der Waals surface area contributed by atoms with Crippen LogP contribution in [0.2, 0.25) is 0 Å². The Morgan fingerprint density at radius 3 is 3.00 bits per heavy atom. The molecule has 0 N–H and O–H groups in total. The van der Waals surface area contributed by atoms with Crippen molar-refractivity contribution in [1.29, 1.82) is 0 Å². The van der Waals surface area contributed by atoms with E-state index in [4.69, 9.17) is 0 Å². The van der Waals surface area contributed by atoms with Crippen LogP contribution in [-0.2, 0) is 0 Å². The Kier molecular flexibility index (Phi) is 2.26. The summed E-state index contributed by atoms with van der Waals surface area (Å²) in [6.45, 7) is 3.12. The molecule has 0 aliphatic rings. The van der Waals surface area contributed by atoms with Gasteiger partial charge in [0, 0.05) is 25.5 Å². The molecule has 1 aromatic rings. The molecule has 0 spiro atoms. The molecular weight excluding hydrogens is 124 g/mol. The standard InChI is InChI=1S/C8H11N2/c1-3-10(2)8-4-6-9-7-5-8/h4-6H,3H2,1-2H3. The van der Waals surface area contributed by atoms with Gasteiger partial charge in [0.25, 0.3) is 0 Å². The quantitative estimate of drug-likeness (QED) is 0.608. The Bertz CT molecular complexity index is 184. The minimum absolute atomic E-state index is 1.01. The van der Waals surface area contributed by atoms with E-state index in [1.165, 1.54) is 0 Å². The average molecular weight is 135 g/mol. The number of nitrogens with zero attached hydrogens (tertiary/aromatic N) is 2. The maximum absolute atomic E-state index is 3.81. The fourth-order valence-electron chi connectivity index (χ4n) is 0.728. The predicted molar refractivity (Wildman–Crippen MR) is 42.0 cm³/mol. The van der Waals surface area contributed by atoms with Crippen LogP contribution in [0.15, 0.2) is 18.3 Å². The third-order valence-electron chi connectivity index (χ3n) is 1.52. The van der Waals surface area contributed by atoms with Gasteiger partial charge in [-0.3, -0.25) is 4.98 Å². The maximum Gasteiger partial charge on any atom is 0.0907 e. The first-order valence-electron chi connectivity index (χ1n) is 3.38. The van der Waals surface area contributed by atoms with Crippen molar-refractivity contribution >= 4 is 5.69 Å². The smallest absolute Gasteiger partial charge is 0.0907 e. The molecule has 2 heteroatoms. The fourth-order valence-corrected chi connectivity index (χ4v) is 0.728. The molecule has 0 amide bonds. The van der Waals surface area contributed by atoms with Crippen LogP contribution in [0, 0.1) is 6.20 Å². The number of pyridine rings is 1. The van der Waals surface area contributed by atoms with Crippen LogP contribution in [0.5, 0.6) is 0 Å². The summed E-state index contributed by atoms with van der Waals surface area (Å²) >= 11 is 0. The van der Waals surface area contributed by atoms with Crippen molar-refractivity contribution in [1.82, 2.24) is 4.98 Å². The molecular formula is C8H11N2. The summed E-state index contributed by atoms with van der Waals surface area (Å²) in [6.07, 6.45) is 4.54. The molecule has 0 aliphatic carbocycles. The lowest BCUT2D eigenvalue weighted by molar-refractivity contribution is 0.964. The average Bonchev–Trinajstić information content (AvgIpc) is 2.05. The van der Waals surface area contributed by atoms with Crippen LogP contribution in [0.3, 0.4) is 0 Å². The number of hydrogen-bond donors (Lipinski definition) is 0. The highest BCUT2D eigenvalue weighted by Crippen LogP contribution is 2.07. The molecule has 0 saturated heterocycles. The van der Waals surface area contributed by atoms with E-state index >= 15 is 0 Å². The van der Waals surface area contributed by atoms with E-state index in [1.54, 1.807) is 6.20 Å². The van der Waals surface area contributed by atoms with E-state index in [1.807, 2.05) is 19.2 Å². The number of rotatable bonds is 2. The summed E-state index contributed by atoms with van der Waals surface area (Å²) in [7, 11) is 2.04. The minimum atomic E-state index is 1.01. The molecule has 2 nitrogen and oxygen atoms in total. The molecule has 10 heavy (non-hydrogen) atoms. The van der Waals surface area contributed by atoms with Gasteiger partial charge in [0.1, 0.15) is 0 Å². The van der Waals surface area contributed by atoms with E-state index in [0.29, 0.717) is 0 Å². The Morgan fingerprint density at radius 1 is 1.70 bits per heavy atom. The zero-order valence-corrected chi connectivity index (χ0v) is 6.33. The molecule has 1 radical (unpaired) electrons. The zero-order chi connectivity index (χ0) is 7.40. The first-order chi connectivity index (χ1) is 4.84. The van der Waals surface area contributed by atoms with Crippen molar-refractivity contribution in [2.24, 2.45) is 0 Å². The number of anilines is 1. The van der Waals surface area contributed by atoms with Crippen molar-refractivity contribution in [2.75, 3.05) is 18.5 Å². The normalized spacial score (nSPS) is 9.40. The fraction of sp³-hybridized carbons (Fsp3) is 0.375. The van der Waals surface area contributed by atoms with Crippen molar-refractivity contribution < 1.29 is 0 Å². The Hall–Kier alpha value is -1.05. The monoisotopic (exact) mass is 135 g/mol. The second-order valence-corrected chi connectivity index (χ2v) is 2.16. The molecule has 0 atom stereocenters. The van der Waals surface area contributed by atoms with Gasteiger partial charge in [-0.05, 0) is 19.1 Å². The van der Waals surface area contributed by atoms with Gasteiger partial charge in [-0.2, -0.15) is 0 Å². The predicted octanol–water partition coefficient (Wildman–Crippen LogP) is 1.34. The highest BCUT2D eigenvalue weighted by molar-refractivity contribution is 5.42. The van der Waals surface area contributed by atoms with E-state index in [0.717, 1.165) is 12.2 Å². The summed E-state index contributed by atoms with van der Waals surface area (Å²) in [6, 6.07) is 3.85. The van der Waals surface area contributed by atoms with Gasteiger partial charge in [-0.25, -0.2) is 0 Å². The SMILES string of the molecule is CCN(C)c1c[c]ncc1. The van der Waals surface area contributed by atoms with Crippen LogP contribution in [0.4, 0.5) is 5.69 Å². The summed E-state index contributed by atoms with van der Waals surface area (Å²) in [5.74, 6) is 0. The van der Waals surface area contributed by atoms with Gasteiger partial charge in [0.2, 0.25) is 0 Å². The van der Waals surface area contributed by atoms with Gasteiger partial charge in [-0.1, -0.05) is 0 Å². The number of aromatic nitrogens is 1. The van der Waals surface area contributed by atoms with Crippen molar-refractivity contribution in [3.8, 4) is 0 Å². The summed E-state index contributed by atoms with van der Waals surface area (Å²) in [5.41, 5.74) is 1.16. The van der Waals surface area contributed by atoms with E-state index in [9.17, 15) is 0 Å². The molecule has 0 aliphatic heterocycles. The highest BCUT2D eigenvalue weighted by Gasteiger charge is 1.93. The summed E-state index contributed by atoms with van der Waals surface area (Å²) in [5, 5.41) is 0. The molecule has 1 heterocycles. The van der Waals surface area contributed by atoms with Gasteiger partial charge in [0.05, 0.1) is 6.20 Å². The van der Waals surface area contributed by atoms with Crippen LogP contribution in [-0.4, -0.2) is 18.6 Å². The summed E-state index contributed by atoms with van der Waals surface area (Å²) < 4.78 is 0. The first kappa shape index (κ1) is 7.06. The molecule has 0 fully saturated rings. The Labute approximate surface area is 61.5 Å². The number of hydrogen-bond acceptors (Lipinski definition) is 2. The Balaban J connectivity index is 2.75. The van der Waals surface area contributed by atoms with E-state index < -0.39 is 0 Å². The molecule has 0 bridgehead atoms. The van der Waals surface area contributed by atoms with Crippen LogP contribution >= 0.6 is 0 Å². The van der Waals surface area contributed by atoms with Gasteiger partial charge >= 0.3 is 0 Å². The van der Waals surface area contributed by atoms with Gasteiger partial charge in [0.15, 0.2) is 0 Å². The van der Waals surface area contributed by atoms with Crippen molar-refractivity contribution in [3.63, 3.8) is 0 Å². The molecule has 0 saturated carbocycles. The molecule has 53 valence electrons. The van der Waals surface area contributed by atoms with E-state index in [2.05, 4.69) is 23.0 Å². The molecule has 1 rings (SSSR count). The highest BCUT2D eigenvalue weighted by atomic mass is 15.1. The molecule has 0 aromatic carbocycles. The van der Waals surface area contributed by atoms with Crippen molar-refractivity contribution in [2.45, 2.75) is 6.92 Å². The lowest BCUT2D eigenvalue weighted by atomic mass is 10.4. The topological polar surface area (TPSA) is 16.1 Å².